The lowest BCUT2D eigenvalue weighted by molar-refractivity contribution is -0.137. The fourth-order valence-corrected chi connectivity index (χ4v) is 4.02. The van der Waals surface area contributed by atoms with Crippen LogP contribution in [0.25, 0.3) is 0 Å². The summed E-state index contributed by atoms with van der Waals surface area (Å²) in [7, 11) is 0. The molecule has 0 aliphatic carbocycles. The maximum Gasteiger partial charge on any atom is 0.421 e. The van der Waals surface area contributed by atoms with Crippen molar-refractivity contribution in [3.8, 4) is 0 Å². The normalized spacial score (nSPS) is 12.3. The van der Waals surface area contributed by atoms with Gasteiger partial charge < -0.3 is 15.3 Å². The summed E-state index contributed by atoms with van der Waals surface area (Å²) in [4.78, 5) is 9.61. The molecule has 5 nitrogen and oxygen atoms in total. The van der Waals surface area contributed by atoms with Gasteiger partial charge in [-0.2, -0.15) is 18.2 Å². The molecule has 36 heavy (non-hydrogen) atoms. The number of alkyl halides is 3. The highest BCUT2D eigenvalue weighted by Gasteiger charge is 2.38. The second-order valence-electron chi connectivity index (χ2n) is 7.91. The summed E-state index contributed by atoms with van der Waals surface area (Å²) in [6, 6.07) is 21.7. The second kappa shape index (κ2) is 11.2. The van der Waals surface area contributed by atoms with Crippen molar-refractivity contribution in [2.75, 3.05) is 16.8 Å². The smallest absolute Gasteiger partial charge is 0.394 e. The molecule has 186 valence electrons. The van der Waals surface area contributed by atoms with Crippen molar-refractivity contribution in [3.05, 3.63) is 112 Å². The predicted octanol–water partition coefficient (Wildman–Crippen LogP) is 7.29. The molecule has 0 aliphatic heterocycles. The highest BCUT2D eigenvalue weighted by molar-refractivity contribution is 6.42. The van der Waals surface area contributed by atoms with E-state index in [2.05, 4.69) is 15.3 Å². The van der Waals surface area contributed by atoms with Crippen LogP contribution >= 0.6 is 23.2 Å². The lowest BCUT2D eigenvalue weighted by Crippen LogP contribution is -2.33. The van der Waals surface area contributed by atoms with Crippen LogP contribution in [-0.2, 0) is 12.7 Å². The molecule has 0 spiro atoms. The third kappa shape index (κ3) is 6.07. The molecule has 0 fully saturated rings. The summed E-state index contributed by atoms with van der Waals surface area (Å²) in [5, 5.41) is 13.8. The van der Waals surface area contributed by atoms with E-state index in [4.69, 9.17) is 23.2 Å². The maximum absolute atomic E-state index is 14.2. The minimum atomic E-state index is -4.73. The van der Waals surface area contributed by atoms with E-state index in [-0.39, 0.29) is 23.3 Å². The van der Waals surface area contributed by atoms with Crippen molar-refractivity contribution in [2.24, 2.45) is 0 Å². The minimum Gasteiger partial charge on any atom is -0.394 e. The van der Waals surface area contributed by atoms with Crippen LogP contribution in [0.2, 0.25) is 10.0 Å². The molecule has 1 unspecified atom stereocenters. The van der Waals surface area contributed by atoms with Crippen LogP contribution < -0.4 is 10.2 Å². The van der Waals surface area contributed by atoms with Gasteiger partial charge in [-0.3, -0.25) is 0 Å². The number of aromatic nitrogens is 2. The zero-order valence-electron chi connectivity index (χ0n) is 18.8. The third-order valence-corrected chi connectivity index (χ3v) is 6.19. The molecule has 0 saturated carbocycles. The van der Waals surface area contributed by atoms with E-state index in [1.807, 2.05) is 6.07 Å². The molecule has 0 radical (unpaired) electrons. The molecule has 1 aromatic heterocycles. The van der Waals surface area contributed by atoms with Gasteiger partial charge in [-0.25, -0.2) is 4.98 Å². The highest BCUT2D eigenvalue weighted by Crippen LogP contribution is 2.39. The number of hydrogen-bond donors (Lipinski definition) is 2. The standard InChI is InChI=1S/C26H21Cl2F3N4O/c27-21-12-11-19(13-22(21)28)33-25-32-14-20(26(29,30)31)24(34-25)35(15-17-7-3-1-4-8-17)23(16-36)18-9-5-2-6-10-18/h1-14,23,36H,15-16H2,(H,32,33,34). The fourth-order valence-electron chi connectivity index (χ4n) is 3.73. The number of benzene rings is 3. The molecule has 4 rings (SSSR count). The Labute approximate surface area is 216 Å². The number of halogens is 5. The van der Waals surface area contributed by atoms with E-state index in [1.165, 1.54) is 11.0 Å². The van der Waals surface area contributed by atoms with Crippen LogP contribution in [0.15, 0.2) is 85.1 Å². The van der Waals surface area contributed by atoms with Gasteiger partial charge in [0.1, 0.15) is 11.4 Å². The molecular formula is C26H21Cl2F3N4O. The Morgan fingerprint density at radius 2 is 1.58 bits per heavy atom. The van der Waals surface area contributed by atoms with E-state index in [0.29, 0.717) is 16.3 Å². The number of aliphatic hydroxyl groups excluding tert-OH is 1. The number of nitrogens with zero attached hydrogens (tertiary/aromatic N) is 3. The SMILES string of the molecule is OCC(c1ccccc1)N(Cc1ccccc1)c1nc(Nc2ccc(Cl)c(Cl)c2)ncc1C(F)(F)F. The van der Waals surface area contributed by atoms with Crippen LogP contribution in [0.1, 0.15) is 22.7 Å². The van der Waals surface area contributed by atoms with Crippen molar-refractivity contribution in [3.63, 3.8) is 0 Å². The monoisotopic (exact) mass is 532 g/mol. The van der Waals surface area contributed by atoms with Gasteiger partial charge in [0.05, 0.1) is 22.7 Å². The van der Waals surface area contributed by atoms with Crippen LogP contribution in [0.5, 0.6) is 0 Å². The average Bonchev–Trinajstić information content (AvgIpc) is 2.87. The van der Waals surface area contributed by atoms with Gasteiger partial charge in [-0.05, 0) is 29.3 Å². The molecule has 1 atom stereocenters. The lowest BCUT2D eigenvalue weighted by Gasteiger charge is -2.34. The maximum atomic E-state index is 14.2. The summed E-state index contributed by atoms with van der Waals surface area (Å²) < 4.78 is 42.5. The van der Waals surface area contributed by atoms with Crippen molar-refractivity contribution in [1.82, 2.24) is 9.97 Å². The summed E-state index contributed by atoms with van der Waals surface area (Å²) in [6.45, 7) is -0.374. The predicted molar refractivity (Wildman–Crippen MR) is 136 cm³/mol. The quantitative estimate of drug-likeness (QED) is 0.249. The van der Waals surface area contributed by atoms with Gasteiger partial charge >= 0.3 is 6.18 Å². The second-order valence-corrected chi connectivity index (χ2v) is 8.72. The Kier molecular flexibility index (Phi) is 7.98. The summed E-state index contributed by atoms with van der Waals surface area (Å²) in [6.07, 6.45) is -4.00. The molecule has 1 heterocycles. The summed E-state index contributed by atoms with van der Waals surface area (Å²) >= 11 is 12.0. The average molecular weight is 533 g/mol. The molecule has 2 N–H and O–H groups in total. The van der Waals surface area contributed by atoms with Crippen molar-refractivity contribution >= 4 is 40.7 Å². The topological polar surface area (TPSA) is 61.3 Å². The number of rotatable bonds is 8. The molecule has 4 aromatic rings. The fraction of sp³-hybridized carbons (Fsp3) is 0.154. The van der Waals surface area contributed by atoms with E-state index < -0.39 is 24.4 Å². The number of anilines is 3. The number of hydrogen-bond acceptors (Lipinski definition) is 5. The first-order valence-corrected chi connectivity index (χ1v) is 11.6. The Hall–Kier alpha value is -3.33. The molecule has 0 amide bonds. The first-order valence-electron chi connectivity index (χ1n) is 10.9. The van der Waals surface area contributed by atoms with Gasteiger partial charge in [0, 0.05) is 18.4 Å². The first kappa shape index (κ1) is 25.8. The van der Waals surface area contributed by atoms with E-state index >= 15 is 0 Å². The molecule has 0 saturated heterocycles. The lowest BCUT2D eigenvalue weighted by atomic mass is 10.0. The Morgan fingerprint density at radius 3 is 2.19 bits per heavy atom. The van der Waals surface area contributed by atoms with Crippen LogP contribution in [0, 0.1) is 0 Å². The molecule has 0 bridgehead atoms. The molecular weight excluding hydrogens is 512 g/mol. The van der Waals surface area contributed by atoms with Crippen LogP contribution in [0.4, 0.5) is 30.6 Å². The molecule has 10 heteroatoms. The molecule has 0 aliphatic rings. The van der Waals surface area contributed by atoms with E-state index in [9.17, 15) is 18.3 Å². The van der Waals surface area contributed by atoms with Crippen LogP contribution in [0.3, 0.4) is 0 Å². The van der Waals surface area contributed by atoms with Gasteiger partial charge in [0.2, 0.25) is 5.95 Å². The van der Waals surface area contributed by atoms with E-state index in [0.717, 1.165) is 11.8 Å². The van der Waals surface area contributed by atoms with Gasteiger partial charge in [-0.15, -0.1) is 0 Å². The Morgan fingerprint density at radius 1 is 0.917 bits per heavy atom. The zero-order valence-corrected chi connectivity index (χ0v) is 20.3. The van der Waals surface area contributed by atoms with E-state index in [1.54, 1.807) is 66.7 Å². The molecule has 3 aromatic carbocycles. The van der Waals surface area contributed by atoms with Gasteiger partial charge in [0.25, 0.3) is 0 Å². The van der Waals surface area contributed by atoms with Crippen molar-refractivity contribution in [1.29, 1.82) is 0 Å². The van der Waals surface area contributed by atoms with Crippen molar-refractivity contribution in [2.45, 2.75) is 18.8 Å². The van der Waals surface area contributed by atoms with Crippen molar-refractivity contribution < 1.29 is 18.3 Å². The summed E-state index contributed by atoms with van der Waals surface area (Å²) in [5.41, 5.74) is 0.818. The van der Waals surface area contributed by atoms with Crippen LogP contribution in [-0.4, -0.2) is 21.7 Å². The first-order chi connectivity index (χ1) is 17.3. The number of nitrogens with one attached hydrogen (secondary N) is 1. The zero-order chi connectivity index (χ0) is 25.7. The number of aliphatic hydroxyl groups is 1. The Bertz CT molecular complexity index is 1310. The van der Waals surface area contributed by atoms with Gasteiger partial charge in [-0.1, -0.05) is 83.9 Å². The Balaban J connectivity index is 1.84. The largest absolute Gasteiger partial charge is 0.421 e. The highest BCUT2D eigenvalue weighted by atomic mass is 35.5. The van der Waals surface area contributed by atoms with Gasteiger partial charge in [0.15, 0.2) is 0 Å². The summed E-state index contributed by atoms with van der Waals surface area (Å²) in [5.74, 6) is -0.439. The third-order valence-electron chi connectivity index (χ3n) is 5.45. The minimum absolute atomic E-state index is 0.0628.